The molecular weight excluding hydrogens is 646 g/mol. The van der Waals surface area contributed by atoms with Gasteiger partial charge in [0.2, 0.25) is 0 Å². The number of carbonyl (C=O) groups excluding carboxylic acids is 2. The van der Waals surface area contributed by atoms with Crippen LogP contribution in [0.1, 0.15) is 64.5 Å². The summed E-state index contributed by atoms with van der Waals surface area (Å²) < 4.78 is 39.9. The fraction of sp³-hybridized carbons (Fsp3) is 0.622. The van der Waals surface area contributed by atoms with E-state index in [2.05, 4.69) is 18.7 Å². The maximum atomic E-state index is 12.3. The molecule has 0 bridgehead atoms. The van der Waals surface area contributed by atoms with Crippen LogP contribution in [0.3, 0.4) is 0 Å². The number of hydroxylamine groups is 1. The van der Waals surface area contributed by atoms with Gasteiger partial charge in [0.1, 0.15) is 17.5 Å². The van der Waals surface area contributed by atoms with E-state index >= 15 is 0 Å². The summed E-state index contributed by atoms with van der Waals surface area (Å²) in [6.45, 7) is 10.4. The zero-order chi connectivity index (χ0) is 36.1. The third-order valence-corrected chi connectivity index (χ3v) is 9.75. The van der Waals surface area contributed by atoms with Crippen LogP contribution in [0.2, 0.25) is 0 Å². The molecule has 4 saturated heterocycles. The van der Waals surface area contributed by atoms with E-state index < -0.39 is 23.5 Å². The van der Waals surface area contributed by atoms with E-state index in [0.717, 1.165) is 35.5 Å². The van der Waals surface area contributed by atoms with Crippen molar-refractivity contribution in [2.24, 2.45) is 0 Å². The summed E-state index contributed by atoms with van der Waals surface area (Å²) in [5, 5.41) is 9.11. The predicted molar refractivity (Wildman–Crippen MR) is 182 cm³/mol. The van der Waals surface area contributed by atoms with Crippen molar-refractivity contribution < 1.29 is 48.0 Å². The minimum Gasteiger partial charge on any atom is -0.497 e. The van der Waals surface area contributed by atoms with Crippen molar-refractivity contribution in [1.82, 2.24) is 15.3 Å². The average molecular weight is 700 g/mol. The normalized spacial score (nSPS) is 32.7. The number of ether oxygens (including phenoxy) is 7. The summed E-state index contributed by atoms with van der Waals surface area (Å²) in [7, 11) is 4.69. The Kier molecular flexibility index (Phi) is 12.4. The molecule has 4 fully saturated rings. The molecular formula is C37H53N3O10. The molecule has 50 heavy (non-hydrogen) atoms. The highest BCUT2D eigenvalue weighted by Gasteiger charge is 2.53. The number of esters is 1. The lowest BCUT2D eigenvalue weighted by atomic mass is 10.1. The van der Waals surface area contributed by atoms with Crippen LogP contribution in [0.15, 0.2) is 48.5 Å². The number of hydrogen-bond acceptors (Lipinski definition) is 12. The molecule has 0 aromatic heterocycles. The lowest BCUT2D eigenvalue weighted by Crippen LogP contribution is -2.48. The van der Waals surface area contributed by atoms with Gasteiger partial charge in [0.15, 0.2) is 11.6 Å². The van der Waals surface area contributed by atoms with Gasteiger partial charge in [0.05, 0.1) is 64.9 Å². The fourth-order valence-corrected chi connectivity index (χ4v) is 7.77. The van der Waals surface area contributed by atoms with E-state index in [-0.39, 0.29) is 36.4 Å². The molecule has 0 saturated carbocycles. The number of amides is 1. The molecule has 2 spiro atoms. The molecule has 4 aliphatic heterocycles. The summed E-state index contributed by atoms with van der Waals surface area (Å²) in [6.07, 6.45) is 2.95. The van der Waals surface area contributed by atoms with Gasteiger partial charge in [0.25, 0.3) is 5.91 Å². The van der Waals surface area contributed by atoms with Gasteiger partial charge in [-0.3, -0.25) is 24.6 Å². The van der Waals surface area contributed by atoms with Crippen LogP contribution in [0.5, 0.6) is 11.5 Å². The van der Waals surface area contributed by atoms with Gasteiger partial charge in [-0.1, -0.05) is 24.3 Å². The highest BCUT2D eigenvalue weighted by molar-refractivity contribution is 5.81. The van der Waals surface area contributed by atoms with Crippen LogP contribution in [-0.2, 0) is 46.4 Å². The van der Waals surface area contributed by atoms with Crippen molar-refractivity contribution in [2.75, 3.05) is 34.4 Å². The maximum Gasteiger partial charge on any atom is 0.323 e. The highest BCUT2D eigenvalue weighted by atomic mass is 16.7. The SMILES string of the molecule is COC(=O)[C@H]1CC2(CN1Cc1ccc(OC)cc1)OC(C)CC(C)O2.COc1ccc(CN2CC3(C[C@@H]2C(=O)NO)OC(C)CC(C)O3)cc1. The smallest absolute Gasteiger partial charge is 0.323 e. The molecule has 2 aromatic rings. The molecule has 4 aliphatic rings. The lowest BCUT2D eigenvalue weighted by molar-refractivity contribution is -0.304. The first-order valence-electron chi connectivity index (χ1n) is 17.4. The van der Waals surface area contributed by atoms with Gasteiger partial charge < -0.3 is 33.2 Å². The van der Waals surface area contributed by atoms with Gasteiger partial charge >= 0.3 is 5.97 Å². The topological polar surface area (TPSA) is 137 Å². The van der Waals surface area contributed by atoms with Gasteiger partial charge in [0, 0.05) is 25.9 Å². The van der Waals surface area contributed by atoms with E-state index in [1.165, 1.54) is 7.11 Å². The molecule has 2 N–H and O–H groups in total. The van der Waals surface area contributed by atoms with Crippen molar-refractivity contribution >= 4 is 11.9 Å². The molecule has 6 atom stereocenters. The molecule has 276 valence electrons. The number of rotatable bonds is 8. The summed E-state index contributed by atoms with van der Waals surface area (Å²) in [5.74, 6) is -0.629. The van der Waals surface area contributed by atoms with Crippen LogP contribution < -0.4 is 15.0 Å². The number of likely N-dealkylation sites (tertiary alicyclic amines) is 2. The van der Waals surface area contributed by atoms with Crippen LogP contribution in [0.4, 0.5) is 0 Å². The van der Waals surface area contributed by atoms with Crippen molar-refractivity contribution in [3.63, 3.8) is 0 Å². The molecule has 0 radical (unpaired) electrons. The van der Waals surface area contributed by atoms with Crippen molar-refractivity contribution in [2.45, 2.75) is 115 Å². The Balaban J connectivity index is 0.000000194. The van der Waals surface area contributed by atoms with Gasteiger partial charge in [-0.05, 0) is 75.9 Å². The summed E-state index contributed by atoms with van der Waals surface area (Å²) >= 11 is 0. The molecule has 0 aliphatic carbocycles. The minimum absolute atomic E-state index is 0.0718. The number of nitrogens with zero attached hydrogens (tertiary/aromatic N) is 2. The summed E-state index contributed by atoms with van der Waals surface area (Å²) in [4.78, 5) is 28.5. The Hall–Kier alpha value is -3.30. The summed E-state index contributed by atoms with van der Waals surface area (Å²) in [6, 6.07) is 14.7. The Bertz CT molecular complexity index is 1300. The number of nitrogens with one attached hydrogen (secondary N) is 1. The Morgan fingerprint density at radius 2 is 1.08 bits per heavy atom. The molecule has 13 nitrogen and oxygen atoms in total. The first kappa shape index (κ1) is 37.9. The Morgan fingerprint density at radius 3 is 1.44 bits per heavy atom. The number of benzene rings is 2. The largest absolute Gasteiger partial charge is 0.497 e. The van der Waals surface area contributed by atoms with Crippen LogP contribution in [-0.4, -0.2) is 109 Å². The Labute approximate surface area is 295 Å². The first-order chi connectivity index (χ1) is 23.9. The molecule has 1 amide bonds. The second-order valence-corrected chi connectivity index (χ2v) is 14.0. The lowest BCUT2D eigenvalue weighted by Gasteiger charge is -2.40. The third kappa shape index (κ3) is 9.13. The molecule has 4 unspecified atom stereocenters. The van der Waals surface area contributed by atoms with Crippen LogP contribution in [0.25, 0.3) is 0 Å². The standard InChI is InChI=1S/C19H27NO5.C18H26N2O5/c1-13-9-14(2)25-19(24-13)10-17(18(21)23-4)20(12-19)11-15-5-7-16(22-3)8-6-15;1-12-8-13(2)25-18(24-12)9-16(17(21)19-22)20(11-18)10-14-4-6-15(23-3)7-5-14/h5-8,13-14,17H,9-12H2,1-4H3;4-7,12-13,16,22H,8-11H2,1-3H3,(H,19,21)/t13?,14?,17-,19?;12?,13?,16-,18?/m11/s1. The first-order valence-corrected chi connectivity index (χ1v) is 17.4. The van der Waals surface area contributed by atoms with Crippen LogP contribution >= 0.6 is 0 Å². The highest BCUT2D eigenvalue weighted by Crippen LogP contribution is 2.40. The molecule has 6 rings (SSSR count). The zero-order valence-electron chi connectivity index (χ0n) is 30.3. The van der Waals surface area contributed by atoms with Crippen molar-refractivity contribution in [3.05, 3.63) is 59.7 Å². The minimum atomic E-state index is -0.805. The van der Waals surface area contributed by atoms with E-state index in [1.54, 1.807) is 19.7 Å². The van der Waals surface area contributed by atoms with Gasteiger partial charge in [-0.15, -0.1) is 0 Å². The molecule has 2 aromatic carbocycles. The molecule has 4 heterocycles. The summed E-state index contributed by atoms with van der Waals surface area (Å²) in [5.41, 5.74) is 3.92. The molecule has 13 heteroatoms. The van der Waals surface area contributed by atoms with Crippen molar-refractivity contribution in [1.29, 1.82) is 0 Å². The van der Waals surface area contributed by atoms with Gasteiger partial charge in [-0.2, -0.15) is 0 Å². The zero-order valence-corrected chi connectivity index (χ0v) is 30.3. The third-order valence-electron chi connectivity index (χ3n) is 9.75. The average Bonchev–Trinajstić information content (AvgIpc) is 3.59. The fourth-order valence-electron chi connectivity index (χ4n) is 7.77. The number of methoxy groups -OCH3 is 3. The van der Waals surface area contributed by atoms with Crippen molar-refractivity contribution in [3.8, 4) is 11.5 Å². The number of hydrogen-bond donors (Lipinski definition) is 2. The van der Waals surface area contributed by atoms with Gasteiger partial charge in [-0.25, -0.2) is 5.48 Å². The van der Waals surface area contributed by atoms with Crippen LogP contribution in [0, 0.1) is 0 Å². The van der Waals surface area contributed by atoms with E-state index in [4.69, 9.17) is 38.4 Å². The van der Waals surface area contributed by atoms with E-state index in [9.17, 15) is 9.59 Å². The quantitative estimate of drug-likeness (QED) is 0.234. The number of carbonyl (C=O) groups is 2. The predicted octanol–water partition coefficient (Wildman–Crippen LogP) is 4.04. The van der Waals surface area contributed by atoms with E-state index in [0.29, 0.717) is 39.0 Å². The Morgan fingerprint density at radius 1 is 0.700 bits per heavy atom. The van der Waals surface area contributed by atoms with E-state index in [1.807, 2.05) is 67.3 Å². The second-order valence-electron chi connectivity index (χ2n) is 14.0. The second kappa shape index (κ2) is 16.4. The maximum absolute atomic E-state index is 12.3. The monoisotopic (exact) mass is 699 g/mol.